The van der Waals surface area contributed by atoms with E-state index >= 15 is 0 Å². The molecule has 86 valence electrons. The first-order valence-corrected chi connectivity index (χ1v) is 5.01. The Bertz CT molecular complexity index is 521. The summed E-state index contributed by atoms with van der Waals surface area (Å²) < 4.78 is 0. The number of nitrogens with zero attached hydrogens (tertiary/aromatic N) is 2. The maximum absolute atomic E-state index is 10.7. The van der Waals surface area contributed by atoms with E-state index in [-0.39, 0.29) is 11.3 Å². The van der Waals surface area contributed by atoms with E-state index in [1.54, 1.807) is 19.1 Å². The molecule has 0 bridgehead atoms. The van der Waals surface area contributed by atoms with Crippen molar-refractivity contribution in [2.24, 2.45) is 0 Å². The molecule has 5 nitrogen and oxygen atoms in total. The molecule has 5 heteroatoms. The zero-order valence-electron chi connectivity index (χ0n) is 9.36. The van der Waals surface area contributed by atoms with Gasteiger partial charge in [0.15, 0.2) is 0 Å². The lowest BCUT2D eigenvalue weighted by Gasteiger charge is -2.04. The fraction of sp³-hybridized carbons (Fsp3) is 0.250. The molecule has 0 fully saturated rings. The quantitative estimate of drug-likeness (QED) is 0.372. The highest BCUT2D eigenvalue weighted by Crippen LogP contribution is 2.22. The molecule has 1 aromatic carbocycles. The molecule has 0 saturated heterocycles. The van der Waals surface area contributed by atoms with Gasteiger partial charge in [0.2, 0.25) is 0 Å². The van der Waals surface area contributed by atoms with Gasteiger partial charge in [-0.3, -0.25) is 10.1 Å². The van der Waals surface area contributed by atoms with E-state index in [4.69, 9.17) is 5.26 Å². The Kier molecular flexibility index (Phi) is 4.53. The fourth-order valence-electron chi connectivity index (χ4n) is 1.28. The number of hydrogen-bond acceptors (Lipinski definition) is 4. The van der Waals surface area contributed by atoms with Gasteiger partial charge < -0.3 is 5.32 Å². The van der Waals surface area contributed by atoms with E-state index in [9.17, 15) is 10.1 Å². The normalized spacial score (nSPS) is 8.71. The number of hydrogen-bond donors (Lipinski definition) is 1. The Hall–Kier alpha value is -2.53. The predicted octanol–water partition coefficient (Wildman–Crippen LogP) is 2.29. The van der Waals surface area contributed by atoms with Crippen LogP contribution in [0, 0.1) is 33.3 Å². The van der Waals surface area contributed by atoms with Crippen molar-refractivity contribution in [3.8, 4) is 17.9 Å². The third-order valence-electron chi connectivity index (χ3n) is 2.07. The lowest BCUT2D eigenvalue weighted by atomic mass is 10.2. The topological polar surface area (TPSA) is 79.0 Å². The van der Waals surface area contributed by atoms with Gasteiger partial charge in [-0.25, -0.2) is 0 Å². The molecule has 0 amide bonds. The fourth-order valence-corrected chi connectivity index (χ4v) is 1.28. The van der Waals surface area contributed by atoms with E-state index in [2.05, 4.69) is 17.2 Å². The molecule has 0 aliphatic rings. The summed E-state index contributed by atoms with van der Waals surface area (Å²) in [5.74, 6) is 5.64. The van der Waals surface area contributed by atoms with Gasteiger partial charge in [-0.2, -0.15) is 5.26 Å². The minimum absolute atomic E-state index is 0.0638. The van der Waals surface area contributed by atoms with Crippen molar-refractivity contribution in [3.05, 3.63) is 33.9 Å². The number of anilines is 1. The Balaban J connectivity index is 2.81. The first-order valence-electron chi connectivity index (χ1n) is 5.01. The second-order valence-corrected chi connectivity index (χ2v) is 3.20. The van der Waals surface area contributed by atoms with Gasteiger partial charge in [-0.15, -0.1) is 11.8 Å². The molecule has 1 aromatic rings. The number of nitro benzene ring substituents is 1. The zero-order valence-corrected chi connectivity index (χ0v) is 9.36. The lowest BCUT2D eigenvalue weighted by molar-refractivity contribution is -0.385. The SMILES string of the molecule is CC#CCCNc1ccc(C#N)c([N+](=O)[O-])c1. The summed E-state index contributed by atoms with van der Waals surface area (Å²) in [7, 11) is 0. The maximum atomic E-state index is 10.7. The van der Waals surface area contributed by atoms with Crippen molar-refractivity contribution >= 4 is 11.4 Å². The van der Waals surface area contributed by atoms with Crippen molar-refractivity contribution < 1.29 is 4.92 Å². The molecule has 0 spiro atoms. The van der Waals surface area contributed by atoms with Crippen molar-refractivity contribution in [1.82, 2.24) is 0 Å². The highest BCUT2D eigenvalue weighted by Gasteiger charge is 2.13. The average Bonchev–Trinajstić information content (AvgIpc) is 2.34. The molecule has 0 heterocycles. The van der Waals surface area contributed by atoms with Crippen molar-refractivity contribution in [3.63, 3.8) is 0 Å². The molecule has 0 saturated carbocycles. The first kappa shape index (κ1) is 12.5. The van der Waals surface area contributed by atoms with Gasteiger partial charge in [0.25, 0.3) is 5.69 Å². The van der Waals surface area contributed by atoms with Crippen LogP contribution in [0.1, 0.15) is 18.9 Å². The summed E-state index contributed by atoms with van der Waals surface area (Å²) in [5.41, 5.74) is 0.501. The van der Waals surface area contributed by atoms with E-state index in [0.717, 1.165) is 0 Å². The van der Waals surface area contributed by atoms with Gasteiger partial charge in [-0.1, -0.05) is 0 Å². The summed E-state index contributed by atoms with van der Waals surface area (Å²) in [6.45, 7) is 2.37. The highest BCUT2D eigenvalue weighted by atomic mass is 16.6. The van der Waals surface area contributed by atoms with E-state index in [1.165, 1.54) is 12.1 Å². The first-order chi connectivity index (χ1) is 8.19. The molecule has 0 unspecified atom stereocenters. The van der Waals surface area contributed by atoms with Crippen LogP contribution >= 0.6 is 0 Å². The van der Waals surface area contributed by atoms with Crippen molar-refractivity contribution in [2.75, 3.05) is 11.9 Å². The molecule has 0 radical (unpaired) electrons. The third kappa shape index (κ3) is 3.51. The van der Waals surface area contributed by atoms with Crippen LogP contribution in [0.4, 0.5) is 11.4 Å². The predicted molar refractivity (Wildman–Crippen MR) is 64.4 cm³/mol. The monoisotopic (exact) mass is 229 g/mol. The van der Waals surface area contributed by atoms with Crippen LogP contribution in [-0.2, 0) is 0 Å². The van der Waals surface area contributed by atoms with Crippen LogP contribution in [0.5, 0.6) is 0 Å². The van der Waals surface area contributed by atoms with E-state index in [1.807, 2.05) is 0 Å². The van der Waals surface area contributed by atoms with Crippen LogP contribution in [0.25, 0.3) is 0 Å². The van der Waals surface area contributed by atoms with Crippen LogP contribution in [0.2, 0.25) is 0 Å². The summed E-state index contributed by atoms with van der Waals surface area (Å²) in [5, 5.41) is 22.4. The van der Waals surface area contributed by atoms with E-state index < -0.39 is 4.92 Å². The smallest absolute Gasteiger partial charge is 0.289 e. The summed E-state index contributed by atoms with van der Waals surface area (Å²) >= 11 is 0. The second-order valence-electron chi connectivity index (χ2n) is 3.20. The summed E-state index contributed by atoms with van der Waals surface area (Å²) in [6.07, 6.45) is 0.671. The van der Waals surface area contributed by atoms with Crippen molar-refractivity contribution in [2.45, 2.75) is 13.3 Å². The highest BCUT2D eigenvalue weighted by molar-refractivity contribution is 5.59. The third-order valence-corrected chi connectivity index (χ3v) is 2.07. The molecule has 1 rings (SSSR count). The molecule has 0 aromatic heterocycles. The minimum atomic E-state index is -0.560. The molecule has 0 atom stereocenters. The summed E-state index contributed by atoms with van der Waals surface area (Å²) in [4.78, 5) is 10.2. The zero-order chi connectivity index (χ0) is 12.7. The van der Waals surface area contributed by atoms with Crippen LogP contribution in [0.15, 0.2) is 18.2 Å². The molecule has 1 N–H and O–H groups in total. The Morgan fingerprint density at radius 1 is 1.53 bits per heavy atom. The van der Waals surface area contributed by atoms with Gasteiger partial charge in [0.1, 0.15) is 11.6 Å². The minimum Gasteiger partial charge on any atom is -0.384 e. The number of benzene rings is 1. The second kappa shape index (κ2) is 6.14. The van der Waals surface area contributed by atoms with Crippen LogP contribution in [-0.4, -0.2) is 11.5 Å². The van der Waals surface area contributed by atoms with Gasteiger partial charge in [0, 0.05) is 24.7 Å². The molecular weight excluding hydrogens is 218 g/mol. The number of nitro groups is 1. The van der Waals surface area contributed by atoms with Gasteiger partial charge in [-0.05, 0) is 19.1 Å². The van der Waals surface area contributed by atoms with Gasteiger partial charge in [0.05, 0.1) is 4.92 Å². The largest absolute Gasteiger partial charge is 0.384 e. The Labute approximate surface area is 99.2 Å². The number of rotatable bonds is 4. The van der Waals surface area contributed by atoms with Crippen LogP contribution in [0.3, 0.4) is 0 Å². The summed E-state index contributed by atoms with van der Waals surface area (Å²) in [6, 6.07) is 6.23. The van der Waals surface area contributed by atoms with E-state index in [0.29, 0.717) is 18.7 Å². The number of nitrogens with one attached hydrogen (secondary N) is 1. The lowest BCUT2D eigenvalue weighted by Crippen LogP contribution is -2.01. The standard InChI is InChI=1S/C12H11N3O2/c1-2-3-4-7-14-11-6-5-10(9-13)12(8-11)15(16)17/h5-6,8,14H,4,7H2,1H3. The Morgan fingerprint density at radius 2 is 2.29 bits per heavy atom. The van der Waals surface area contributed by atoms with Crippen LogP contribution < -0.4 is 5.32 Å². The molecule has 0 aliphatic heterocycles. The van der Waals surface area contributed by atoms with Gasteiger partial charge >= 0.3 is 0 Å². The molecule has 0 aliphatic carbocycles. The molecular formula is C12H11N3O2. The average molecular weight is 229 g/mol. The maximum Gasteiger partial charge on any atom is 0.289 e. The number of nitriles is 1. The molecule has 17 heavy (non-hydrogen) atoms. The van der Waals surface area contributed by atoms with Crippen molar-refractivity contribution in [1.29, 1.82) is 5.26 Å². The Morgan fingerprint density at radius 3 is 2.88 bits per heavy atom.